The van der Waals surface area contributed by atoms with E-state index in [0.717, 1.165) is 11.8 Å². The fourth-order valence-electron chi connectivity index (χ4n) is 5.33. The van der Waals surface area contributed by atoms with Crippen LogP contribution in [0, 0.1) is 47.4 Å². The largest absolute Gasteiger partial charge is 0.0951 e. The van der Waals surface area contributed by atoms with Gasteiger partial charge in [-0.05, 0) is 75.4 Å². The van der Waals surface area contributed by atoms with E-state index >= 15 is 0 Å². The Labute approximate surface area is 189 Å². The van der Waals surface area contributed by atoms with Gasteiger partial charge in [-0.15, -0.1) is 0 Å². The number of rotatable bonds is 10. The Bertz CT molecular complexity index is 559. The maximum atomic E-state index is 3.49. The summed E-state index contributed by atoms with van der Waals surface area (Å²) in [4.78, 5) is 0. The summed E-state index contributed by atoms with van der Waals surface area (Å²) in [6.45, 7) is 4.59. The van der Waals surface area contributed by atoms with Gasteiger partial charge in [0.2, 0.25) is 0 Å². The number of unbranched alkanes of at least 4 members (excludes halogenated alkanes) is 6. The second-order valence-electron chi connectivity index (χ2n) is 10.0. The molecule has 0 spiro atoms. The average Bonchev–Trinajstić information content (AvgIpc) is 2.78. The lowest BCUT2D eigenvalue weighted by molar-refractivity contribution is 0.294. The van der Waals surface area contributed by atoms with Gasteiger partial charge in [-0.25, -0.2) is 0 Å². The van der Waals surface area contributed by atoms with Crippen LogP contribution in [-0.4, -0.2) is 0 Å². The Balaban J connectivity index is 1.54. The lowest BCUT2D eigenvalue weighted by Gasteiger charge is -2.25. The molecule has 2 aliphatic carbocycles. The van der Waals surface area contributed by atoms with Gasteiger partial charge in [-0.1, -0.05) is 102 Å². The molecule has 2 aliphatic rings. The molecule has 0 aromatic rings. The first-order valence-corrected chi connectivity index (χ1v) is 13.5. The summed E-state index contributed by atoms with van der Waals surface area (Å²) < 4.78 is 0. The van der Waals surface area contributed by atoms with Crippen molar-refractivity contribution in [1.29, 1.82) is 0 Å². The minimum absolute atomic E-state index is 0.627. The number of allylic oxidation sites excluding steroid dienone is 2. The Morgan fingerprint density at radius 1 is 0.533 bits per heavy atom. The molecule has 0 atom stereocenters. The highest BCUT2D eigenvalue weighted by atomic mass is 14.2. The monoisotopic (exact) mass is 408 g/mol. The van der Waals surface area contributed by atoms with Crippen LogP contribution in [0.5, 0.6) is 0 Å². The smallest absolute Gasteiger partial charge is 0.0206 e. The van der Waals surface area contributed by atoms with E-state index in [1.807, 2.05) is 12.2 Å². The van der Waals surface area contributed by atoms with Gasteiger partial charge >= 0.3 is 0 Å². The minimum atomic E-state index is 0.627. The highest BCUT2D eigenvalue weighted by Gasteiger charge is 2.20. The van der Waals surface area contributed by atoms with Crippen molar-refractivity contribution in [3.05, 3.63) is 12.2 Å². The van der Waals surface area contributed by atoms with E-state index in [0.29, 0.717) is 11.8 Å². The molecule has 0 aromatic carbocycles. The number of hydrogen-bond donors (Lipinski definition) is 0. The van der Waals surface area contributed by atoms with Gasteiger partial charge in [-0.2, -0.15) is 0 Å². The lowest BCUT2D eigenvalue weighted by Crippen LogP contribution is -2.13. The topological polar surface area (TPSA) is 0 Å². The standard InChI is InChI=1S/C30H48/c1-3-5-7-8-12-16-28-23-25-30(26-24-28)18-14-10-9-13-17-29-21-19-27(20-22-29)15-11-6-4-2/h9-10,27-30H,3-8,11-12,15-16,19-26H2,1-2H3/b10-9+/t27-,28-,29-,30-. The Hall–Kier alpha value is -1.14. The third kappa shape index (κ3) is 11.3. The first-order chi connectivity index (χ1) is 14.8. The summed E-state index contributed by atoms with van der Waals surface area (Å²) in [7, 11) is 0. The van der Waals surface area contributed by atoms with Crippen LogP contribution in [-0.2, 0) is 0 Å². The fraction of sp³-hybridized carbons (Fsp3) is 0.800. The Morgan fingerprint density at radius 2 is 0.933 bits per heavy atom. The van der Waals surface area contributed by atoms with Gasteiger partial charge in [0.05, 0.1) is 0 Å². The minimum Gasteiger partial charge on any atom is -0.0951 e. The Kier molecular flexibility index (Phi) is 13.9. The fourth-order valence-corrected chi connectivity index (χ4v) is 5.33. The van der Waals surface area contributed by atoms with Crippen molar-refractivity contribution in [2.24, 2.45) is 23.7 Å². The number of hydrogen-bond acceptors (Lipinski definition) is 0. The zero-order valence-corrected chi connectivity index (χ0v) is 20.2. The van der Waals surface area contributed by atoms with E-state index < -0.39 is 0 Å². The predicted molar refractivity (Wildman–Crippen MR) is 133 cm³/mol. The molecule has 0 bridgehead atoms. The van der Waals surface area contributed by atoms with E-state index in [-0.39, 0.29) is 0 Å². The summed E-state index contributed by atoms with van der Waals surface area (Å²) in [6, 6.07) is 0. The van der Waals surface area contributed by atoms with Crippen molar-refractivity contribution >= 4 is 0 Å². The van der Waals surface area contributed by atoms with Gasteiger partial charge in [0.15, 0.2) is 0 Å². The van der Waals surface area contributed by atoms with Crippen molar-refractivity contribution in [1.82, 2.24) is 0 Å². The first kappa shape index (κ1) is 25.1. The maximum Gasteiger partial charge on any atom is 0.0206 e. The first-order valence-electron chi connectivity index (χ1n) is 13.5. The van der Waals surface area contributed by atoms with Crippen LogP contribution >= 0.6 is 0 Å². The van der Waals surface area contributed by atoms with E-state index in [4.69, 9.17) is 0 Å². The average molecular weight is 409 g/mol. The molecule has 0 aromatic heterocycles. The van der Waals surface area contributed by atoms with Crippen LogP contribution in [0.4, 0.5) is 0 Å². The van der Waals surface area contributed by atoms with E-state index in [1.54, 1.807) is 0 Å². The van der Waals surface area contributed by atoms with Crippen LogP contribution < -0.4 is 0 Å². The van der Waals surface area contributed by atoms with Crippen molar-refractivity contribution in [3.63, 3.8) is 0 Å². The molecule has 0 saturated heterocycles. The van der Waals surface area contributed by atoms with Crippen molar-refractivity contribution in [2.75, 3.05) is 0 Å². The molecule has 2 fully saturated rings. The molecule has 0 aliphatic heterocycles. The van der Waals surface area contributed by atoms with Crippen LogP contribution in [0.3, 0.4) is 0 Å². The highest BCUT2D eigenvalue weighted by molar-refractivity contribution is 5.26. The van der Waals surface area contributed by atoms with Crippen LogP contribution in [0.1, 0.15) is 129 Å². The molecule has 2 saturated carbocycles. The van der Waals surface area contributed by atoms with Crippen molar-refractivity contribution < 1.29 is 0 Å². The molecule has 0 heterocycles. The zero-order valence-electron chi connectivity index (χ0n) is 20.2. The second kappa shape index (κ2) is 16.5. The summed E-state index contributed by atoms with van der Waals surface area (Å²) >= 11 is 0. The van der Waals surface area contributed by atoms with Gasteiger partial charge < -0.3 is 0 Å². The predicted octanol–water partition coefficient (Wildman–Crippen LogP) is 9.10. The lowest BCUT2D eigenvalue weighted by atomic mass is 9.80. The van der Waals surface area contributed by atoms with Crippen molar-refractivity contribution in [3.8, 4) is 23.7 Å². The summed E-state index contributed by atoms with van der Waals surface area (Å²) in [5.74, 6) is 16.7. The molecule has 168 valence electrons. The molecular weight excluding hydrogens is 360 g/mol. The van der Waals surface area contributed by atoms with E-state index in [9.17, 15) is 0 Å². The molecule has 0 nitrogen and oxygen atoms in total. The summed E-state index contributed by atoms with van der Waals surface area (Å²) in [5.41, 5.74) is 0. The Morgan fingerprint density at radius 3 is 1.40 bits per heavy atom. The highest BCUT2D eigenvalue weighted by Crippen LogP contribution is 2.32. The molecule has 0 N–H and O–H groups in total. The van der Waals surface area contributed by atoms with Gasteiger partial charge in [0, 0.05) is 11.8 Å². The molecular formula is C30H48. The molecule has 0 amide bonds. The maximum absolute atomic E-state index is 3.49. The summed E-state index contributed by atoms with van der Waals surface area (Å²) in [5, 5.41) is 0. The quantitative estimate of drug-likeness (QED) is 0.250. The molecule has 0 radical (unpaired) electrons. The van der Waals surface area contributed by atoms with Gasteiger partial charge in [0.1, 0.15) is 0 Å². The molecule has 0 heteroatoms. The molecule has 2 rings (SSSR count). The van der Waals surface area contributed by atoms with Crippen molar-refractivity contribution in [2.45, 2.75) is 129 Å². The third-order valence-corrected chi connectivity index (χ3v) is 7.45. The van der Waals surface area contributed by atoms with Gasteiger partial charge in [-0.3, -0.25) is 0 Å². The van der Waals surface area contributed by atoms with Crippen LogP contribution in [0.25, 0.3) is 0 Å². The van der Waals surface area contributed by atoms with E-state index in [2.05, 4.69) is 37.5 Å². The zero-order chi connectivity index (χ0) is 21.3. The van der Waals surface area contributed by atoms with Gasteiger partial charge in [0.25, 0.3) is 0 Å². The normalized spacial score (nSPS) is 26.6. The third-order valence-electron chi connectivity index (χ3n) is 7.45. The summed E-state index contributed by atoms with van der Waals surface area (Å²) in [6.07, 6.45) is 29.0. The second-order valence-corrected chi connectivity index (χ2v) is 10.0. The van der Waals surface area contributed by atoms with E-state index in [1.165, 1.54) is 116 Å². The molecule has 0 unspecified atom stereocenters. The van der Waals surface area contributed by atoms with Crippen LogP contribution in [0.15, 0.2) is 12.2 Å². The SMILES string of the molecule is CCCCCCC[C@H]1CC[C@H](C#C/C=C/C#C[C@H]2CC[C@H](CCCCC)CC2)CC1. The molecule has 30 heavy (non-hydrogen) atoms. The van der Waals surface area contributed by atoms with Crippen LogP contribution in [0.2, 0.25) is 0 Å².